The molecule has 0 bridgehead atoms. The lowest BCUT2D eigenvalue weighted by Crippen LogP contribution is -2.40. The van der Waals surface area contributed by atoms with Crippen LogP contribution in [0.2, 0.25) is 0 Å². The van der Waals surface area contributed by atoms with Gasteiger partial charge in [0.1, 0.15) is 0 Å². The van der Waals surface area contributed by atoms with Crippen molar-refractivity contribution in [2.45, 2.75) is 38.8 Å². The van der Waals surface area contributed by atoms with E-state index in [9.17, 15) is 9.90 Å². The van der Waals surface area contributed by atoms with Gasteiger partial charge in [0, 0.05) is 18.7 Å². The molecular formula is C15H22N2O2. The number of aliphatic hydroxyl groups is 1. The number of amides is 1. The summed E-state index contributed by atoms with van der Waals surface area (Å²) in [6.45, 7) is 5.65. The lowest BCUT2D eigenvalue weighted by molar-refractivity contribution is 0.0518. The maximum Gasteiger partial charge on any atom is 0.251 e. The Bertz CT molecular complexity index is 469. The maximum absolute atomic E-state index is 12.2. The van der Waals surface area contributed by atoms with E-state index in [2.05, 4.69) is 16.7 Å². The summed E-state index contributed by atoms with van der Waals surface area (Å²) in [7, 11) is 0. The molecule has 1 aromatic carbocycles. The first-order valence-electron chi connectivity index (χ1n) is 6.85. The molecule has 104 valence electrons. The van der Waals surface area contributed by atoms with Gasteiger partial charge < -0.3 is 15.7 Å². The van der Waals surface area contributed by atoms with Crippen LogP contribution < -0.4 is 10.6 Å². The number of hydrogen-bond acceptors (Lipinski definition) is 3. The van der Waals surface area contributed by atoms with Crippen LogP contribution in [0.4, 0.5) is 0 Å². The van der Waals surface area contributed by atoms with Crippen molar-refractivity contribution in [3.63, 3.8) is 0 Å². The van der Waals surface area contributed by atoms with Crippen LogP contribution in [0.15, 0.2) is 18.2 Å². The second-order valence-electron chi connectivity index (χ2n) is 5.40. The van der Waals surface area contributed by atoms with Gasteiger partial charge in [-0.3, -0.25) is 4.79 Å². The van der Waals surface area contributed by atoms with Crippen molar-refractivity contribution in [3.05, 3.63) is 34.9 Å². The molecule has 0 aliphatic carbocycles. The van der Waals surface area contributed by atoms with Crippen molar-refractivity contribution in [2.75, 3.05) is 13.1 Å². The summed E-state index contributed by atoms with van der Waals surface area (Å²) in [5.74, 6) is -0.0903. The van der Waals surface area contributed by atoms with E-state index in [-0.39, 0.29) is 12.5 Å². The van der Waals surface area contributed by atoms with Crippen LogP contribution in [0, 0.1) is 0 Å². The summed E-state index contributed by atoms with van der Waals surface area (Å²) >= 11 is 0. The van der Waals surface area contributed by atoms with Gasteiger partial charge in [-0.1, -0.05) is 19.1 Å². The second kappa shape index (κ2) is 5.72. The molecule has 3 N–H and O–H groups in total. The molecule has 0 saturated carbocycles. The predicted molar refractivity (Wildman–Crippen MR) is 75.1 cm³/mol. The third kappa shape index (κ3) is 3.33. The molecule has 0 fully saturated rings. The Morgan fingerprint density at radius 2 is 2.32 bits per heavy atom. The molecule has 2 rings (SSSR count). The van der Waals surface area contributed by atoms with E-state index < -0.39 is 5.60 Å². The van der Waals surface area contributed by atoms with Crippen molar-refractivity contribution in [3.8, 4) is 0 Å². The van der Waals surface area contributed by atoms with E-state index in [4.69, 9.17) is 0 Å². The molecule has 0 spiro atoms. The summed E-state index contributed by atoms with van der Waals surface area (Å²) in [6, 6.07) is 5.83. The molecule has 19 heavy (non-hydrogen) atoms. The summed E-state index contributed by atoms with van der Waals surface area (Å²) in [6.07, 6.45) is 1.49. The molecule has 0 saturated heterocycles. The fourth-order valence-electron chi connectivity index (χ4n) is 2.24. The third-order valence-electron chi connectivity index (χ3n) is 3.78. The van der Waals surface area contributed by atoms with Crippen LogP contribution in [0.5, 0.6) is 0 Å². The van der Waals surface area contributed by atoms with Crippen LogP contribution in [0.25, 0.3) is 0 Å². The van der Waals surface area contributed by atoms with Gasteiger partial charge in [-0.05, 0) is 43.5 Å². The average molecular weight is 262 g/mol. The zero-order chi connectivity index (χ0) is 13.9. The summed E-state index contributed by atoms with van der Waals surface area (Å²) in [5, 5.41) is 16.1. The molecule has 1 unspecified atom stereocenters. The Balaban J connectivity index is 2.11. The highest BCUT2D eigenvalue weighted by atomic mass is 16.3. The number of benzene rings is 1. The van der Waals surface area contributed by atoms with Gasteiger partial charge in [0.05, 0.1) is 5.60 Å². The summed E-state index contributed by atoms with van der Waals surface area (Å²) in [4.78, 5) is 12.2. The quantitative estimate of drug-likeness (QED) is 0.764. The number of nitrogens with one attached hydrogen (secondary N) is 2. The summed E-state index contributed by atoms with van der Waals surface area (Å²) < 4.78 is 0. The highest BCUT2D eigenvalue weighted by molar-refractivity contribution is 5.96. The lowest BCUT2D eigenvalue weighted by atomic mass is 9.95. The van der Waals surface area contributed by atoms with Crippen LogP contribution in [0.3, 0.4) is 0 Å². The molecule has 4 nitrogen and oxygen atoms in total. The van der Waals surface area contributed by atoms with Gasteiger partial charge in [0.25, 0.3) is 5.91 Å². The molecule has 1 aliphatic heterocycles. The van der Waals surface area contributed by atoms with Crippen molar-refractivity contribution in [1.29, 1.82) is 0 Å². The molecule has 1 heterocycles. The smallest absolute Gasteiger partial charge is 0.251 e. The first-order chi connectivity index (χ1) is 9.03. The fourth-order valence-corrected chi connectivity index (χ4v) is 2.24. The Morgan fingerprint density at radius 1 is 1.53 bits per heavy atom. The van der Waals surface area contributed by atoms with E-state index in [1.54, 1.807) is 6.92 Å². The summed E-state index contributed by atoms with van der Waals surface area (Å²) in [5.41, 5.74) is 2.23. The standard InChI is InChI=1S/C15H22N2O2/c1-3-15(2,19)10-17-14(18)13-6-4-5-11-9-16-8-7-12(11)13/h4-6,16,19H,3,7-10H2,1-2H3,(H,17,18). The predicted octanol–water partition coefficient (Wildman–Crippen LogP) is 1.22. The molecule has 0 radical (unpaired) electrons. The number of carbonyl (C=O) groups is 1. The minimum absolute atomic E-state index is 0.0903. The minimum atomic E-state index is -0.841. The first kappa shape index (κ1) is 14.0. The van der Waals surface area contributed by atoms with E-state index in [0.717, 1.165) is 30.6 Å². The number of fused-ring (bicyclic) bond motifs is 1. The van der Waals surface area contributed by atoms with Crippen LogP contribution >= 0.6 is 0 Å². The molecule has 1 aliphatic rings. The lowest BCUT2D eigenvalue weighted by Gasteiger charge is -2.23. The van der Waals surface area contributed by atoms with Crippen LogP contribution in [0.1, 0.15) is 41.8 Å². The van der Waals surface area contributed by atoms with E-state index >= 15 is 0 Å². The van der Waals surface area contributed by atoms with Gasteiger partial charge in [-0.15, -0.1) is 0 Å². The first-order valence-corrected chi connectivity index (χ1v) is 6.85. The van der Waals surface area contributed by atoms with Gasteiger partial charge in [-0.2, -0.15) is 0 Å². The topological polar surface area (TPSA) is 61.4 Å². The molecule has 1 aromatic rings. The zero-order valence-electron chi connectivity index (χ0n) is 11.6. The largest absolute Gasteiger partial charge is 0.388 e. The normalized spacial score (nSPS) is 17.4. The monoisotopic (exact) mass is 262 g/mol. The van der Waals surface area contributed by atoms with Gasteiger partial charge >= 0.3 is 0 Å². The molecule has 0 aromatic heterocycles. The minimum Gasteiger partial charge on any atom is -0.388 e. The van der Waals surface area contributed by atoms with Gasteiger partial charge in [0.15, 0.2) is 0 Å². The molecule has 1 atom stereocenters. The fraction of sp³-hybridized carbons (Fsp3) is 0.533. The number of hydrogen-bond donors (Lipinski definition) is 3. The number of carbonyl (C=O) groups excluding carboxylic acids is 1. The SMILES string of the molecule is CCC(C)(O)CNC(=O)c1cccc2c1CCNC2. The molecule has 4 heteroatoms. The van der Waals surface area contributed by atoms with Crippen LogP contribution in [-0.4, -0.2) is 29.7 Å². The zero-order valence-corrected chi connectivity index (χ0v) is 11.6. The Morgan fingerprint density at radius 3 is 3.05 bits per heavy atom. The van der Waals surface area contributed by atoms with Crippen molar-refractivity contribution in [2.24, 2.45) is 0 Å². The Hall–Kier alpha value is -1.39. The van der Waals surface area contributed by atoms with Crippen LogP contribution in [-0.2, 0) is 13.0 Å². The average Bonchev–Trinajstić information content (AvgIpc) is 2.44. The Kier molecular flexibility index (Phi) is 4.22. The van der Waals surface area contributed by atoms with Crippen molar-refractivity contribution in [1.82, 2.24) is 10.6 Å². The van der Waals surface area contributed by atoms with E-state index in [1.165, 1.54) is 5.56 Å². The third-order valence-corrected chi connectivity index (χ3v) is 3.78. The van der Waals surface area contributed by atoms with Gasteiger partial charge in [-0.25, -0.2) is 0 Å². The van der Waals surface area contributed by atoms with E-state index in [1.807, 2.05) is 19.1 Å². The molecule has 1 amide bonds. The van der Waals surface area contributed by atoms with Gasteiger partial charge in [0.2, 0.25) is 0 Å². The highest BCUT2D eigenvalue weighted by Gasteiger charge is 2.21. The Labute approximate surface area is 114 Å². The maximum atomic E-state index is 12.2. The highest BCUT2D eigenvalue weighted by Crippen LogP contribution is 2.18. The van der Waals surface area contributed by atoms with E-state index in [0.29, 0.717) is 6.42 Å². The van der Waals surface area contributed by atoms with Crippen molar-refractivity contribution >= 4 is 5.91 Å². The van der Waals surface area contributed by atoms with Crippen molar-refractivity contribution < 1.29 is 9.90 Å². The molecular weight excluding hydrogens is 240 g/mol. The second-order valence-corrected chi connectivity index (χ2v) is 5.40. The number of rotatable bonds is 4.